The molecule has 5 heteroatoms. The van der Waals surface area contributed by atoms with E-state index in [1.54, 1.807) is 0 Å². The second-order valence-corrected chi connectivity index (χ2v) is 3.29. The van der Waals surface area contributed by atoms with E-state index in [9.17, 15) is 13.6 Å². The fourth-order valence-electron chi connectivity index (χ4n) is 1.52. The monoisotopic (exact) mass is 226 g/mol. The van der Waals surface area contributed by atoms with Crippen molar-refractivity contribution in [2.24, 2.45) is 0 Å². The van der Waals surface area contributed by atoms with Crippen molar-refractivity contribution in [3.63, 3.8) is 0 Å². The van der Waals surface area contributed by atoms with Crippen LogP contribution in [0.25, 0.3) is 11.0 Å². The van der Waals surface area contributed by atoms with Gasteiger partial charge in [-0.15, -0.1) is 0 Å². The lowest BCUT2D eigenvalue weighted by atomic mass is 10.1. The van der Waals surface area contributed by atoms with Gasteiger partial charge in [0.15, 0.2) is 11.4 Å². The average Bonchev–Trinajstić information content (AvgIpc) is 2.54. The molecule has 0 unspecified atom stereocenters. The second kappa shape index (κ2) is 3.59. The summed E-state index contributed by atoms with van der Waals surface area (Å²) in [4.78, 5) is 11.3. The van der Waals surface area contributed by atoms with Gasteiger partial charge in [0.2, 0.25) is 0 Å². The first-order valence-corrected chi connectivity index (χ1v) is 4.51. The Bertz CT molecular complexity index is 572. The first kappa shape index (κ1) is 10.6. The number of benzene rings is 1. The van der Waals surface area contributed by atoms with Gasteiger partial charge in [0.1, 0.15) is 17.1 Å². The summed E-state index contributed by atoms with van der Waals surface area (Å²) in [6.07, 6.45) is 0. The van der Waals surface area contributed by atoms with E-state index in [1.807, 2.05) is 0 Å². The van der Waals surface area contributed by atoms with Crippen LogP contribution in [0.2, 0.25) is 0 Å². The predicted molar refractivity (Wildman–Crippen MR) is 52.2 cm³/mol. The van der Waals surface area contributed by atoms with Crippen LogP contribution in [-0.2, 0) is 4.74 Å². The van der Waals surface area contributed by atoms with E-state index in [0.29, 0.717) is 0 Å². The van der Waals surface area contributed by atoms with Crippen LogP contribution in [0, 0.1) is 18.6 Å². The van der Waals surface area contributed by atoms with E-state index >= 15 is 0 Å². The number of methoxy groups -OCH3 is 1. The lowest BCUT2D eigenvalue weighted by Gasteiger charge is -2.00. The summed E-state index contributed by atoms with van der Waals surface area (Å²) < 4.78 is 36.2. The van der Waals surface area contributed by atoms with Crippen molar-refractivity contribution in [3.05, 3.63) is 35.1 Å². The van der Waals surface area contributed by atoms with Crippen molar-refractivity contribution in [3.8, 4) is 0 Å². The maximum absolute atomic E-state index is 13.5. The highest BCUT2D eigenvalue weighted by atomic mass is 19.1. The summed E-state index contributed by atoms with van der Waals surface area (Å²) in [5.74, 6) is -2.14. The fourth-order valence-corrected chi connectivity index (χ4v) is 1.52. The van der Waals surface area contributed by atoms with Gasteiger partial charge in [-0.2, -0.15) is 0 Å². The van der Waals surface area contributed by atoms with Crippen molar-refractivity contribution in [2.75, 3.05) is 7.11 Å². The first-order valence-electron chi connectivity index (χ1n) is 4.51. The molecule has 0 amide bonds. The van der Waals surface area contributed by atoms with Crippen LogP contribution in [0.15, 0.2) is 16.5 Å². The number of esters is 1. The number of hydrogen-bond donors (Lipinski definition) is 0. The van der Waals surface area contributed by atoms with Crippen LogP contribution in [0.5, 0.6) is 0 Å². The Morgan fingerprint density at radius 3 is 2.69 bits per heavy atom. The Morgan fingerprint density at radius 2 is 2.06 bits per heavy atom. The number of halogens is 2. The number of furan rings is 1. The minimum Gasteiger partial charge on any atom is -0.465 e. The Hall–Kier alpha value is -1.91. The third-order valence-electron chi connectivity index (χ3n) is 2.26. The third kappa shape index (κ3) is 1.44. The summed E-state index contributed by atoms with van der Waals surface area (Å²) in [6.45, 7) is 1.40. The van der Waals surface area contributed by atoms with E-state index in [1.165, 1.54) is 6.92 Å². The summed E-state index contributed by atoms with van der Waals surface area (Å²) >= 11 is 0. The van der Waals surface area contributed by atoms with Gasteiger partial charge >= 0.3 is 5.97 Å². The first-order chi connectivity index (χ1) is 7.54. The molecule has 0 spiro atoms. The summed E-state index contributed by atoms with van der Waals surface area (Å²) in [7, 11) is 1.16. The third-order valence-corrected chi connectivity index (χ3v) is 2.26. The van der Waals surface area contributed by atoms with Crippen molar-refractivity contribution in [2.45, 2.75) is 6.92 Å². The molecule has 1 aromatic carbocycles. The summed E-state index contributed by atoms with van der Waals surface area (Å²) in [5, 5.41) is -0.0575. The molecule has 0 atom stereocenters. The van der Waals surface area contributed by atoms with Crippen LogP contribution < -0.4 is 0 Å². The number of fused-ring (bicyclic) bond motifs is 1. The molecule has 0 N–H and O–H groups in total. The number of carbonyl (C=O) groups is 1. The highest BCUT2D eigenvalue weighted by Crippen LogP contribution is 2.28. The van der Waals surface area contributed by atoms with Gasteiger partial charge in [-0.25, -0.2) is 13.6 Å². The zero-order valence-corrected chi connectivity index (χ0v) is 8.64. The molecule has 0 aliphatic heterocycles. The number of aryl methyl sites for hydroxylation is 1. The molecule has 2 rings (SSSR count). The second-order valence-electron chi connectivity index (χ2n) is 3.29. The largest absolute Gasteiger partial charge is 0.465 e. The molecule has 1 heterocycles. The average molecular weight is 226 g/mol. The van der Waals surface area contributed by atoms with E-state index in [-0.39, 0.29) is 22.3 Å². The summed E-state index contributed by atoms with van der Waals surface area (Å²) in [5.41, 5.74) is -0.118. The van der Waals surface area contributed by atoms with Crippen molar-refractivity contribution >= 4 is 16.9 Å². The topological polar surface area (TPSA) is 39.4 Å². The Labute approximate surface area is 89.6 Å². The van der Waals surface area contributed by atoms with Crippen LogP contribution in [-0.4, -0.2) is 13.1 Å². The quantitative estimate of drug-likeness (QED) is 0.702. The maximum atomic E-state index is 13.5. The maximum Gasteiger partial charge on any atom is 0.341 e. The smallest absolute Gasteiger partial charge is 0.341 e. The molecule has 0 radical (unpaired) electrons. The molecular formula is C11H8F2O3. The van der Waals surface area contributed by atoms with E-state index in [4.69, 9.17) is 4.42 Å². The van der Waals surface area contributed by atoms with Gasteiger partial charge in [0.25, 0.3) is 0 Å². The Morgan fingerprint density at radius 1 is 1.38 bits per heavy atom. The Kier molecular flexibility index (Phi) is 2.38. The van der Waals surface area contributed by atoms with Crippen molar-refractivity contribution in [1.29, 1.82) is 0 Å². The molecular weight excluding hydrogens is 218 g/mol. The van der Waals surface area contributed by atoms with E-state index in [0.717, 1.165) is 19.2 Å². The molecule has 0 saturated heterocycles. The number of rotatable bonds is 1. The van der Waals surface area contributed by atoms with Crippen LogP contribution in [0.3, 0.4) is 0 Å². The molecule has 0 fully saturated rings. The van der Waals surface area contributed by atoms with Crippen LogP contribution >= 0.6 is 0 Å². The zero-order valence-electron chi connectivity index (χ0n) is 8.64. The minimum absolute atomic E-state index is 0.00301. The lowest BCUT2D eigenvalue weighted by Crippen LogP contribution is -2.02. The molecule has 0 aliphatic rings. The molecule has 84 valence electrons. The highest BCUT2D eigenvalue weighted by Gasteiger charge is 2.20. The predicted octanol–water partition coefficient (Wildman–Crippen LogP) is 2.81. The summed E-state index contributed by atoms with van der Waals surface area (Å²) in [6, 6.07) is 1.93. The molecule has 2 aromatic rings. The van der Waals surface area contributed by atoms with E-state index < -0.39 is 17.6 Å². The van der Waals surface area contributed by atoms with Gasteiger partial charge in [-0.3, -0.25) is 0 Å². The molecule has 3 nitrogen and oxygen atoms in total. The van der Waals surface area contributed by atoms with Crippen molar-refractivity contribution < 1.29 is 22.7 Å². The number of carbonyl (C=O) groups excluding carboxylic acids is 1. The van der Waals surface area contributed by atoms with Gasteiger partial charge in [0, 0.05) is 0 Å². The van der Waals surface area contributed by atoms with Gasteiger partial charge < -0.3 is 9.15 Å². The lowest BCUT2D eigenvalue weighted by molar-refractivity contribution is 0.0601. The molecule has 1 aromatic heterocycles. The van der Waals surface area contributed by atoms with Gasteiger partial charge in [0.05, 0.1) is 12.5 Å². The number of ether oxygens (including phenoxy) is 1. The molecule has 0 bridgehead atoms. The molecule has 16 heavy (non-hydrogen) atoms. The SMILES string of the molecule is COC(=O)c1cc(F)cc2c(F)c(C)oc12. The Balaban J connectivity index is 2.83. The zero-order chi connectivity index (χ0) is 11.9. The van der Waals surface area contributed by atoms with E-state index in [2.05, 4.69) is 4.74 Å². The van der Waals surface area contributed by atoms with Gasteiger partial charge in [-0.05, 0) is 19.1 Å². The normalized spacial score (nSPS) is 10.8. The fraction of sp³-hybridized carbons (Fsp3) is 0.182. The highest BCUT2D eigenvalue weighted by molar-refractivity contribution is 6.02. The minimum atomic E-state index is -0.766. The number of hydrogen-bond acceptors (Lipinski definition) is 3. The van der Waals surface area contributed by atoms with Gasteiger partial charge in [-0.1, -0.05) is 0 Å². The molecule has 0 saturated carbocycles. The van der Waals surface area contributed by atoms with Crippen molar-refractivity contribution in [1.82, 2.24) is 0 Å². The van der Waals surface area contributed by atoms with Crippen LogP contribution in [0.4, 0.5) is 8.78 Å². The molecule has 0 aliphatic carbocycles. The van der Waals surface area contributed by atoms with Crippen LogP contribution in [0.1, 0.15) is 16.1 Å². The standard InChI is InChI=1S/C11H8F2O3/c1-5-9(13)7-3-6(12)4-8(10(7)16-5)11(14)15-2/h3-4H,1-2H3.